The molecule has 0 spiro atoms. The lowest BCUT2D eigenvalue weighted by Crippen LogP contribution is -2.35. The first-order chi connectivity index (χ1) is 7.72. The van der Waals surface area contributed by atoms with Crippen molar-refractivity contribution in [2.24, 2.45) is 11.1 Å². The zero-order valence-electron chi connectivity index (χ0n) is 10.9. The van der Waals surface area contributed by atoms with Gasteiger partial charge in [-0.05, 0) is 31.2 Å². The van der Waals surface area contributed by atoms with Crippen LogP contribution >= 0.6 is 12.4 Å². The van der Waals surface area contributed by atoms with Crippen molar-refractivity contribution in [3.63, 3.8) is 0 Å². The SMILES string of the molecule is CCCCOC(=O)CC1(CN)CCCCC1.Cl. The Bertz CT molecular complexity index is 215. The third kappa shape index (κ3) is 5.73. The first-order valence-corrected chi connectivity index (χ1v) is 6.58. The van der Waals surface area contributed by atoms with Crippen LogP contribution in [0.25, 0.3) is 0 Å². The van der Waals surface area contributed by atoms with E-state index in [0.717, 1.165) is 25.7 Å². The lowest BCUT2D eigenvalue weighted by molar-refractivity contribution is -0.147. The van der Waals surface area contributed by atoms with Gasteiger partial charge in [-0.25, -0.2) is 0 Å². The number of ether oxygens (including phenoxy) is 1. The molecule has 0 unspecified atom stereocenters. The normalized spacial score (nSPS) is 18.2. The van der Waals surface area contributed by atoms with Gasteiger partial charge in [-0.2, -0.15) is 0 Å². The second-order valence-electron chi connectivity index (χ2n) is 5.02. The van der Waals surface area contributed by atoms with Gasteiger partial charge >= 0.3 is 5.97 Å². The number of esters is 1. The maximum Gasteiger partial charge on any atom is 0.306 e. The minimum absolute atomic E-state index is 0. The van der Waals surface area contributed by atoms with Crippen LogP contribution in [0.5, 0.6) is 0 Å². The molecule has 0 radical (unpaired) electrons. The highest BCUT2D eigenvalue weighted by Gasteiger charge is 2.33. The van der Waals surface area contributed by atoms with Crippen LogP contribution < -0.4 is 5.73 Å². The van der Waals surface area contributed by atoms with Crippen LogP contribution in [0.4, 0.5) is 0 Å². The van der Waals surface area contributed by atoms with Gasteiger partial charge in [-0.3, -0.25) is 4.79 Å². The number of hydrogen-bond acceptors (Lipinski definition) is 3. The third-order valence-corrected chi connectivity index (χ3v) is 3.63. The molecule has 2 N–H and O–H groups in total. The van der Waals surface area contributed by atoms with E-state index in [9.17, 15) is 4.79 Å². The Labute approximate surface area is 111 Å². The summed E-state index contributed by atoms with van der Waals surface area (Å²) in [6.07, 6.45) is 8.42. The molecule has 4 heteroatoms. The highest BCUT2D eigenvalue weighted by atomic mass is 35.5. The third-order valence-electron chi connectivity index (χ3n) is 3.63. The van der Waals surface area contributed by atoms with E-state index in [1.807, 2.05) is 0 Å². The van der Waals surface area contributed by atoms with E-state index in [2.05, 4.69) is 6.92 Å². The van der Waals surface area contributed by atoms with E-state index in [1.165, 1.54) is 19.3 Å². The van der Waals surface area contributed by atoms with Gasteiger partial charge in [0.15, 0.2) is 0 Å². The number of unbranched alkanes of at least 4 members (excludes halogenated alkanes) is 1. The second-order valence-corrected chi connectivity index (χ2v) is 5.02. The van der Waals surface area contributed by atoms with Crippen molar-refractivity contribution in [3.05, 3.63) is 0 Å². The van der Waals surface area contributed by atoms with E-state index < -0.39 is 0 Å². The molecule has 0 amide bonds. The summed E-state index contributed by atoms with van der Waals surface area (Å²) in [5.41, 5.74) is 5.88. The maximum atomic E-state index is 11.7. The molecule has 102 valence electrons. The summed E-state index contributed by atoms with van der Waals surface area (Å²) < 4.78 is 5.22. The molecular weight excluding hydrogens is 238 g/mol. The molecule has 1 aliphatic carbocycles. The minimum atomic E-state index is -0.0548. The molecule has 0 atom stereocenters. The van der Waals surface area contributed by atoms with Crippen LogP contribution in [0.1, 0.15) is 58.3 Å². The average molecular weight is 264 g/mol. The topological polar surface area (TPSA) is 52.3 Å². The van der Waals surface area contributed by atoms with Gasteiger partial charge in [0.1, 0.15) is 0 Å². The standard InChI is InChI=1S/C13H25NO2.ClH/c1-2-3-9-16-12(15)10-13(11-14)7-5-4-6-8-13;/h2-11,14H2,1H3;1H. The van der Waals surface area contributed by atoms with Crippen LogP contribution in [0, 0.1) is 5.41 Å². The van der Waals surface area contributed by atoms with Crippen LogP contribution in [0.3, 0.4) is 0 Å². The smallest absolute Gasteiger partial charge is 0.306 e. The zero-order valence-corrected chi connectivity index (χ0v) is 11.7. The predicted molar refractivity (Wildman–Crippen MR) is 72.3 cm³/mol. The van der Waals surface area contributed by atoms with E-state index in [1.54, 1.807) is 0 Å². The van der Waals surface area contributed by atoms with E-state index in [4.69, 9.17) is 10.5 Å². The molecule has 0 aliphatic heterocycles. The fraction of sp³-hybridized carbons (Fsp3) is 0.923. The summed E-state index contributed by atoms with van der Waals surface area (Å²) in [5, 5.41) is 0. The van der Waals surface area contributed by atoms with Crippen molar-refractivity contribution in [2.75, 3.05) is 13.2 Å². The summed E-state index contributed by atoms with van der Waals surface area (Å²) in [5.74, 6) is -0.0548. The van der Waals surface area contributed by atoms with Crippen molar-refractivity contribution in [3.8, 4) is 0 Å². The highest BCUT2D eigenvalue weighted by molar-refractivity contribution is 5.85. The Morgan fingerprint density at radius 1 is 1.29 bits per heavy atom. The largest absolute Gasteiger partial charge is 0.466 e. The molecule has 3 nitrogen and oxygen atoms in total. The van der Waals surface area contributed by atoms with Crippen LogP contribution in [-0.4, -0.2) is 19.1 Å². The van der Waals surface area contributed by atoms with Gasteiger partial charge < -0.3 is 10.5 Å². The fourth-order valence-corrected chi connectivity index (χ4v) is 2.44. The van der Waals surface area contributed by atoms with Gasteiger partial charge in [0.05, 0.1) is 13.0 Å². The molecule has 1 aliphatic rings. The highest BCUT2D eigenvalue weighted by Crippen LogP contribution is 2.38. The number of nitrogens with two attached hydrogens (primary N) is 1. The Hall–Kier alpha value is -0.280. The molecule has 0 aromatic heterocycles. The van der Waals surface area contributed by atoms with Crippen molar-refractivity contribution >= 4 is 18.4 Å². The van der Waals surface area contributed by atoms with Crippen molar-refractivity contribution in [2.45, 2.75) is 58.3 Å². The number of halogens is 1. The van der Waals surface area contributed by atoms with Gasteiger partial charge in [-0.1, -0.05) is 32.6 Å². The van der Waals surface area contributed by atoms with Crippen molar-refractivity contribution < 1.29 is 9.53 Å². The number of carbonyl (C=O) groups excluding carboxylic acids is 1. The molecule has 0 heterocycles. The summed E-state index contributed by atoms with van der Waals surface area (Å²) >= 11 is 0. The van der Waals surface area contributed by atoms with Crippen molar-refractivity contribution in [1.82, 2.24) is 0 Å². The summed E-state index contributed by atoms with van der Waals surface area (Å²) in [6, 6.07) is 0. The molecule has 0 aromatic rings. The number of carbonyl (C=O) groups is 1. The van der Waals surface area contributed by atoms with Gasteiger partial charge in [-0.15, -0.1) is 12.4 Å². The van der Waals surface area contributed by atoms with Gasteiger partial charge in [0, 0.05) is 0 Å². The molecule has 1 fully saturated rings. The lowest BCUT2D eigenvalue weighted by Gasteiger charge is -2.35. The first-order valence-electron chi connectivity index (χ1n) is 6.58. The summed E-state index contributed by atoms with van der Waals surface area (Å²) in [6.45, 7) is 3.28. The first kappa shape index (κ1) is 16.7. The summed E-state index contributed by atoms with van der Waals surface area (Å²) in [4.78, 5) is 11.7. The molecule has 0 saturated heterocycles. The molecule has 17 heavy (non-hydrogen) atoms. The number of rotatable bonds is 6. The molecule has 1 rings (SSSR count). The Kier molecular flexibility index (Phi) is 8.61. The van der Waals surface area contributed by atoms with E-state index in [0.29, 0.717) is 19.6 Å². The van der Waals surface area contributed by atoms with Crippen LogP contribution in [-0.2, 0) is 9.53 Å². The zero-order chi connectivity index (χ0) is 11.9. The maximum absolute atomic E-state index is 11.7. The Balaban J connectivity index is 0.00000256. The summed E-state index contributed by atoms with van der Waals surface area (Å²) in [7, 11) is 0. The van der Waals surface area contributed by atoms with Gasteiger partial charge in [0.2, 0.25) is 0 Å². The predicted octanol–water partition coefficient (Wildman–Crippen LogP) is 3.05. The monoisotopic (exact) mass is 263 g/mol. The Morgan fingerprint density at radius 2 is 1.94 bits per heavy atom. The molecule has 1 saturated carbocycles. The van der Waals surface area contributed by atoms with Gasteiger partial charge in [0.25, 0.3) is 0 Å². The fourth-order valence-electron chi connectivity index (χ4n) is 2.44. The molecular formula is C13H26ClNO2. The average Bonchev–Trinajstić information content (AvgIpc) is 2.30. The van der Waals surface area contributed by atoms with Crippen LogP contribution in [0.2, 0.25) is 0 Å². The van der Waals surface area contributed by atoms with E-state index in [-0.39, 0.29) is 23.8 Å². The second kappa shape index (κ2) is 8.76. The lowest BCUT2D eigenvalue weighted by atomic mass is 9.72. The van der Waals surface area contributed by atoms with Crippen LogP contribution in [0.15, 0.2) is 0 Å². The minimum Gasteiger partial charge on any atom is -0.466 e. The molecule has 0 aromatic carbocycles. The Morgan fingerprint density at radius 3 is 2.47 bits per heavy atom. The van der Waals surface area contributed by atoms with Crippen molar-refractivity contribution in [1.29, 1.82) is 0 Å². The van der Waals surface area contributed by atoms with E-state index >= 15 is 0 Å². The number of hydrogen-bond donors (Lipinski definition) is 1. The molecule has 0 bridgehead atoms. The quantitative estimate of drug-likeness (QED) is 0.592.